The highest BCUT2D eigenvalue weighted by atomic mass is 35.5. The Morgan fingerprint density at radius 1 is 0.927 bits per heavy atom. The SMILES string of the molecule is CCNc1cn(C(=O)CCSCCC(F)(F)F)nc1Cl.CCNc1cn[nH]c1Cl.O=C(O)CCSCCC(F)(F)F. The number of carboxylic acids is 1. The summed E-state index contributed by atoms with van der Waals surface area (Å²) in [4.78, 5) is 21.7. The van der Waals surface area contributed by atoms with E-state index in [9.17, 15) is 35.9 Å². The van der Waals surface area contributed by atoms with E-state index in [-0.39, 0.29) is 41.2 Å². The second kappa shape index (κ2) is 20.8. The normalized spacial score (nSPS) is 11.2. The molecule has 0 unspecified atom stereocenters. The van der Waals surface area contributed by atoms with Gasteiger partial charge in [-0.2, -0.15) is 60.1 Å². The van der Waals surface area contributed by atoms with Crippen LogP contribution in [0.4, 0.5) is 37.7 Å². The molecule has 2 rings (SSSR count). The first-order valence-electron chi connectivity index (χ1n) is 12.0. The second-order valence-electron chi connectivity index (χ2n) is 7.68. The summed E-state index contributed by atoms with van der Waals surface area (Å²) in [6.07, 6.45) is -6.79. The van der Waals surface area contributed by atoms with Crippen LogP contribution in [0.2, 0.25) is 10.3 Å². The van der Waals surface area contributed by atoms with E-state index >= 15 is 0 Å². The number of nitrogens with one attached hydrogen (secondary N) is 3. The van der Waals surface area contributed by atoms with Gasteiger partial charge in [0.2, 0.25) is 5.91 Å². The van der Waals surface area contributed by atoms with E-state index in [1.54, 1.807) is 6.20 Å². The van der Waals surface area contributed by atoms with E-state index in [0.29, 0.717) is 23.1 Å². The average Bonchev–Trinajstić information content (AvgIpc) is 3.43. The number of thioether (sulfide) groups is 2. The van der Waals surface area contributed by atoms with Crippen molar-refractivity contribution in [3.63, 3.8) is 0 Å². The summed E-state index contributed by atoms with van der Waals surface area (Å²) in [7, 11) is 0. The Morgan fingerprint density at radius 3 is 1.88 bits per heavy atom. The Morgan fingerprint density at radius 2 is 1.44 bits per heavy atom. The highest BCUT2D eigenvalue weighted by Crippen LogP contribution is 2.23. The summed E-state index contributed by atoms with van der Waals surface area (Å²) in [5.74, 6) is -0.810. The maximum atomic E-state index is 11.9. The third kappa shape index (κ3) is 21.4. The fraction of sp³-hybridized carbons (Fsp3) is 0.636. The third-order valence-corrected chi connectivity index (χ3v) is 6.77. The number of nitrogens with zero attached hydrogens (tertiary/aromatic N) is 3. The summed E-state index contributed by atoms with van der Waals surface area (Å²) in [6, 6.07) is 0. The monoisotopic (exact) mass is 676 g/mol. The first kappa shape index (κ1) is 39.0. The van der Waals surface area contributed by atoms with Crippen LogP contribution in [0.15, 0.2) is 12.4 Å². The van der Waals surface area contributed by atoms with Gasteiger partial charge in [0.05, 0.1) is 43.0 Å². The van der Waals surface area contributed by atoms with Gasteiger partial charge in [-0.15, -0.1) is 0 Å². The topological polar surface area (TPSA) is 125 Å². The molecule has 19 heteroatoms. The molecule has 9 nitrogen and oxygen atoms in total. The number of H-pyrrole nitrogens is 1. The number of carbonyl (C=O) groups is 2. The first-order valence-corrected chi connectivity index (χ1v) is 15.1. The second-order valence-corrected chi connectivity index (χ2v) is 10.9. The van der Waals surface area contributed by atoms with E-state index < -0.39 is 31.2 Å². The molecule has 0 fully saturated rings. The van der Waals surface area contributed by atoms with Crippen LogP contribution in [0.1, 0.15) is 44.3 Å². The predicted octanol–water partition coefficient (Wildman–Crippen LogP) is 7.33. The van der Waals surface area contributed by atoms with Crippen LogP contribution in [0, 0.1) is 0 Å². The molecular weight excluding hydrogens is 645 g/mol. The molecule has 2 aromatic heterocycles. The van der Waals surface area contributed by atoms with Gasteiger partial charge in [-0.1, -0.05) is 23.2 Å². The lowest BCUT2D eigenvalue weighted by Gasteiger charge is -2.05. The summed E-state index contributed by atoms with van der Waals surface area (Å²) < 4.78 is 71.4. The van der Waals surface area contributed by atoms with Crippen molar-refractivity contribution in [2.24, 2.45) is 0 Å². The van der Waals surface area contributed by atoms with Crippen LogP contribution in [0.3, 0.4) is 0 Å². The summed E-state index contributed by atoms with van der Waals surface area (Å²) in [5, 5.41) is 25.1. The van der Waals surface area contributed by atoms with Crippen LogP contribution >= 0.6 is 46.7 Å². The smallest absolute Gasteiger partial charge is 0.389 e. The zero-order valence-electron chi connectivity index (χ0n) is 22.2. The van der Waals surface area contributed by atoms with E-state index in [1.165, 1.54) is 6.20 Å². The standard InChI is InChI=1S/C11H15ClF3N3OS.C6H9F3O2S.C5H8ClN3/c1-2-16-8-7-18(17-10(8)12)9(19)3-5-20-6-4-11(13,14)15;7-6(8,9)2-4-12-3-1-5(10)11;1-2-7-4-3-8-9-5(4)6/h7,16H,2-6H2,1H3;1-4H2,(H,10,11);3,7H,2H2,1H3,(H,8,9). The molecule has 0 aliphatic rings. The van der Waals surface area contributed by atoms with Crippen molar-refractivity contribution in [1.29, 1.82) is 0 Å². The molecule has 0 aliphatic carbocycles. The zero-order valence-corrected chi connectivity index (χ0v) is 25.3. The Hall–Kier alpha value is -1.98. The number of anilines is 2. The van der Waals surface area contributed by atoms with Gasteiger partial charge in [0.15, 0.2) is 5.15 Å². The molecular formula is C22H32Cl2F6N6O3S2. The molecule has 0 bridgehead atoms. The van der Waals surface area contributed by atoms with Gasteiger partial charge in [-0.25, -0.2) is 4.68 Å². The van der Waals surface area contributed by atoms with Gasteiger partial charge in [0.25, 0.3) is 0 Å². The molecule has 236 valence electrons. The molecule has 2 heterocycles. The summed E-state index contributed by atoms with van der Waals surface area (Å²) in [5.41, 5.74) is 1.42. The maximum absolute atomic E-state index is 11.9. The summed E-state index contributed by atoms with van der Waals surface area (Å²) in [6.45, 7) is 5.39. The lowest BCUT2D eigenvalue weighted by Crippen LogP contribution is -2.13. The van der Waals surface area contributed by atoms with Gasteiger partial charge in [0, 0.05) is 42.5 Å². The number of aromatic amines is 1. The number of rotatable bonds is 14. The average molecular weight is 678 g/mol. The van der Waals surface area contributed by atoms with E-state index in [1.807, 2.05) is 13.8 Å². The molecule has 41 heavy (non-hydrogen) atoms. The van der Waals surface area contributed by atoms with Crippen molar-refractivity contribution in [2.75, 3.05) is 46.7 Å². The number of hydrogen-bond donors (Lipinski definition) is 4. The molecule has 0 amide bonds. The number of aromatic nitrogens is 4. The molecule has 0 saturated heterocycles. The van der Waals surface area contributed by atoms with E-state index in [4.69, 9.17) is 28.3 Å². The van der Waals surface area contributed by atoms with Gasteiger partial charge in [0.1, 0.15) is 5.15 Å². The minimum atomic E-state index is -4.15. The van der Waals surface area contributed by atoms with Crippen molar-refractivity contribution in [2.45, 2.75) is 51.9 Å². The molecule has 0 saturated carbocycles. The van der Waals surface area contributed by atoms with Crippen molar-refractivity contribution in [1.82, 2.24) is 20.0 Å². The quantitative estimate of drug-likeness (QED) is 0.120. The first-order chi connectivity index (χ1) is 19.1. The molecule has 0 radical (unpaired) electrons. The highest BCUT2D eigenvalue weighted by molar-refractivity contribution is 7.99. The van der Waals surface area contributed by atoms with Gasteiger partial charge in [-0.05, 0) is 13.8 Å². The molecule has 4 N–H and O–H groups in total. The van der Waals surface area contributed by atoms with Gasteiger partial charge < -0.3 is 15.7 Å². The fourth-order valence-electron chi connectivity index (χ4n) is 2.39. The highest BCUT2D eigenvalue weighted by Gasteiger charge is 2.26. The van der Waals surface area contributed by atoms with E-state index in [0.717, 1.165) is 40.4 Å². The van der Waals surface area contributed by atoms with Gasteiger partial charge in [-0.3, -0.25) is 14.7 Å². The molecule has 0 aliphatic heterocycles. The van der Waals surface area contributed by atoms with Crippen molar-refractivity contribution in [3.05, 3.63) is 22.7 Å². The number of carboxylic acid groups (broad SMARTS) is 1. The minimum Gasteiger partial charge on any atom is -0.481 e. The zero-order chi connectivity index (χ0) is 31.5. The largest absolute Gasteiger partial charge is 0.481 e. The van der Waals surface area contributed by atoms with Crippen molar-refractivity contribution in [3.8, 4) is 0 Å². The lowest BCUT2D eigenvalue weighted by atomic mass is 10.4. The number of alkyl halides is 6. The maximum Gasteiger partial charge on any atom is 0.389 e. The molecule has 0 atom stereocenters. The Balaban J connectivity index is 0.000000645. The van der Waals surface area contributed by atoms with Gasteiger partial charge >= 0.3 is 18.3 Å². The number of carbonyl (C=O) groups excluding carboxylic acids is 1. The predicted molar refractivity (Wildman–Crippen MR) is 153 cm³/mol. The van der Waals surface area contributed by atoms with Crippen molar-refractivity contribution >= 4 is 70.0 Å². The fourth-order valence-corrected chi connectivity index (χ4v) is 4.55. The van der Waals surface area contributed by atoms with Crippen molar-refractivity contribution < 1.29 is 41.0 Å². The van der Waals surface area contributed by atoms with Crippen LogP contribution in [-0.4, -0.2) is 85.4 Å². The Kier molecular flexibility index (Phi) is 19.8. The number of aliphatic carboxylic acids is 1. The minimum absolute atomic E-state index is 0.0424. The van der Waals surface area contributed by atoms with Crippen LogP contribution in [0.25, 0.3) is 0 Å². The molecule has 0 aromatic carbocycles. The van der Waals surface area contributed by atoms with Crippen LogP contribution < -0.4 is 10.6 Å². The van der Waals surface area contributed by atoms with E-state index in [2.05, 4.69) is 25.9 Å². The van der Waals surface area contributed by atoms with Crippen LogP contribution in [0.5, 0.6) is 0 Å². The third-order valence-electron chi connectivity index (χ3n) is 4.23. The van der Waals surface area contributed by atoms with Crippen LogP contribution in [-0.2, 0) is 4.79 Å². The molecule has 0 spiro atoms. The lowest BCUT2D eigenvalue weighted by molar-refractivity contribution is -0.136. The summed E-state index contributed by atoms with van der Waals surface area (Å²) >= 11 is 13.6. The molecule has 2 aromatic rings. The Labute approximate surface area is 251 Å². The number of hydrogen-bond acceptors (Lipinski definition) is 8. The Bertz CT molecular complexity index is 1020. The number of halogens is 8.